The van der Waals surface area contributed by atoms with E-state index in [1.54, 1.807) is 12.1 Å². The van der Waals surface area contributed by atoms with Crippen molar-refractivity contribution in [2.45, 2.75) is 52.4 Å². The first kappa shape index (κ1) is 22.6. The Morgan fingerprint density at radius 3 is 2.67 bits per heavy atom. The minimum Gasteiger partial charge on any atom is -0.403 e. The molecule has 3 rings (SSSR count). The number of halogens is 1. The molecule has 1 aromatic heterocycles. The van der Waals surface area contributed by atoms with Crippen molar-refractivity contribution in [2.24, 2.45) is 5.92 Å². The van der Waals surface area contributed by atoms with E-state index < -0.39 is 0 Å². The number of aromatic nitrogens is 2. The van der Waals surface area contributed by atoms with E-state index in [1.165, 1.54) is 6.42 Å². The van der Waals surface area contributed by atoms with Crippen molar-refractivity contribution in [3.63, 3.8) is 0 Å². The molecule has 1 saturated carbocycles. The number of amides is 1. The van der Waals surface area contributed by atoms with Crippen LogP contribution in [-0.2, 0) is 4.79 Å². The first-order valence-electron chi connectivity index (χ1n) is 11.0. The molecule has 0 aliphatic heterocycles. The Labute approximate surface area is 183 Å². The van der Waals surface area contributed by atoms with Crippen molar-refractivity contribution in [2.75, 3.05) is 36.8 Å². The number of hydrogen-bond donors (Lipinski definition) is 2. The third-order valence-electron chi connectivity index (χ3n) is 5.69. The molecule has 0 unspecified atom stereocenters. The molecule has 0 bridgehead atoms. The van der Waals surface area contributed by atoms with E-state index in [4.69, 9.17) is 16.0 Å². The van der Waals surface area contributed by atoms with E-state index in [-0.39, 0.29) is 11.8 Å². The first-order valence-corrected chi connectivity index (χ1v) is 11.4. The Morgan fingerprint density at radius 1 is 1.20 bits per heavy atom. The third kappa shape index (κ3) is 6.19. The van der Waals surface area contributed by atoms with E-state index in [0.717, 1.165) is 58.3 Å². The lowest BCUT2D eigenvalue weighted by Gasteiger charge is -2.20. The molecule has 2 N–H and O–H groups in total. The summed E-state index contributed by atoms with van der Waals surface area (Å²) in [5.74, 6) is 0.535. The number of anilines is 2. The second-order valence-electron chi connectivity index (χ2n) is 7.74. The lowest BCUT2D eigenvalue weighted by Crippen LogP contribution is -2.25. The number of carbonyl (C=O) groups is 1. The summed E-state index contributed by atoms with van der Waals surface area (Å²) >= 11 is 6.43. The van der Waals surface area contributed by atoms with Crippen molar-refractivity contribution in [3.8, 4) is 11.5 Å². The van der Waals surface area contributed by atoms with E-state index in [0.29, 0.717) is 28.2 Å². The zero-order valence-corrected chi connectivity index (χ0v) is 18.7. The number of hydrogen-bond acceptors (Lipinski definition) is 6. The van der Waals surface area contributed by atoms with Crippen molar-refractivity contribution in [1.82, 2.24) is 15.1 Å². The topological polar surface area (TPSA) is 83.3 Å². The van der Waals surface area contributed by atoms with E-state index in [2.05, 4.69) is 39.6 Å². The predicted molar refractivity (Wildman–Crippen MR) is 121 cm³/mol. The van der Waals surface area contributed by atoms with Gasteiger partial charge in [-0.25, -0.2) is 0 Å². The zero-order chi connectivity index (χ0) is 21.3. The average molecular weight is 434 g/mol. The maximum atomic E-state index is 12.4. The van der Waals surface area contributed by atoms with Gasteiger partial charge in [-0.1, -0.05) is 49.8 Å². The SMILES string of the molecule is CCN(CC)CCCNc1nnc(-c2ccc(NC(=O)C3CCCCC3)cc2Cl)o1. The van der Waals surface area contributed by atoms with Gasteiger partial charge in [0.05, 0.1) is 10.6 Å². The van der Waals surface area contributed by atoms with Crippen molar-refractivity contribution < 1.29 is 9.21 Å². The monoisotopic (exact) mass is 433 g/mol. The summed E-state index contributed by atoms with van der Waals surface area (Å²) in [5, 5.41) is 14.8. The van der Waals surface area contributed by atoms with Crippen LogP contribution >= 0.6 is 11.6 Å². The first-order chi connectivity index (χ1) is 14.6. The summed E-state index contributed by atoms with van der Waals surface area (Å²) in [5.41, 5.74) is 1.34. The van der Waals surface area contributed by atoms with Gasteiger partial charge in [0.2, 0.25) is 5.91 Å². The minimum atomic E-state index is 0.0764. The maximum absolute atomic E-state index is 12.4. The Balaban J connectivity index is 1.54. The molecule has 0 spiro atoms. The van der Waals surface area contributed by atoms with Gasteiger partial charge >= 0.3 is 6.01 Å². The molecular formula is C22H32ClN5O2. The van der Waals surface area contributed by atoms with Crippen LogP contribution in [0.1, 0.15) is 52.4 Å². The summed E-state index contributed by atoms with van der Waals surface area (Å²) < 4.78 is 5.71. The highest BCUT2D eigenvalue weighted by molar-refractivity contribution is 6.33. The number of carbonyl (C=O) groups excluding carboxylic acids is 1. The van der Waals surface area contributed by atoms with Crippen LogP contribution in [0.4, 0.5) is 11.7 Å². The van der Waals surface area contributed by atoms with Crippen LogP contribution < -0.4 is 10.6 Å². The molecule has 8 heteroatoms. The fourth-order valence-corrected chi connectivity index (χ4v) is 4.08. The molecule has 1 heterocycles. The summed E-state index contributed by atoms with van der Waals surface area (Å²) in [6, 6.07) is 5.74. The Hall–Kier alpha value is -2.12. The molecule has 30 heavy (non-hydrogen) atoms. The van der Waals surface area contributed by atoms with Gasteiger partial charge in [-0.15, -0.1) is 5.10 Å². The Morgan fingerprint density at radius 2 is 1.97 bits per heavy atom. The van der Waals surface area contributed by atoms with Crippen LogP contribution in [0.5, 0.6) is 0 Å². The molecule has 0 radical (unpaired) electrons. The maximum Gasteiger partial charge on any atom is 0.315 e. The summed E-state index contributed by atoms with van der Waals surface area (Å²) in [6.45, 7) is 8.22. The second-order valence-corrected chi connectivity index (χ2v) is 8.15. The Kier molecular flexibility index (Phi) is 8.51. The standard InChI is InChI=1S/C22H32ClN5O2/c1-3-28(4-2)14-8-13-24-22-27-26-21(30-22)18-12-11-17(15-19(18)23)25-20(29)16-9-6-5-7-10-16/h11-12,15-16H,3-10,13-14H2,1-2H3,(H,24,27)(H,25,29). The van der Waals surface area contributed by atoms with E-state index in [1.807, 2.05) is 6.07 Å². The van der Waals surface area contributed by atoms with Crippen molar-refractivity contribution in [3.05, 3.63) is 23.2 Å². The fraction of sp³-hybridized carbons (Fsp3) is 0.591. The predicted octanol–water partition coefficient (Wildman–Crippen LogP) is 5.05. The quantitative estimate of drug-likeness (QED) is 0.510. The molecule has 0 saturated heterocycles. The molecule has 2 aromatic rings. The highest BCUT2D eigenvalue weighted by Gasteiger charge is 2.21. The zero-order valence-electron chi connectivity index (χ0n) is 17.9. The average Bonchev–Trinajstić information content (AvgIpc) is 3.23. The van der Waals surface area contributed by atoms with Crippen LogP contribution in [0.3, 0.4) is 0 Å². The summed E-state index contributed by atoms with van der Waals surface area (Å²) in [6.07, 6.45) is 6.40. The van der Waals surface area contributed by atoms with Gasteiger partial charge in [-0.3, -0.25) is 4.79 Å². The van der Waals surface area contributed by atoms with Crippen molar-refractivity contribution in [1.29, 1.82) is 0 Å². The van der Waals surface area contributed by atoms with Gasteiger partial charge in [0, 0.05) is 18.2 Å². The van der Waals surface area contributed by atoms with Gasteiger partial charge < -0.3 is 20.0 Å². The lowest BCUT2D eigenvalue weighted by atomic mass is 9.88. The Bertz CT molecular complexity index is 816. The molecule has 1 fully saturated rings. The number of nitrogens with zero attached hydrogens (tertiary/aromatic N) is 3. The number of benzene rings is 1. The van der Waals surface area contributed by atoms with E-state index >= 15 is 0 Å². The normalized spacial score (nSPS) is 14.8. The molecule has 1 aliphatic carbocycles. The van der Waals surface area contributed by atoms with Crippen LogP contribution in [0.25, 0.3) is 11.5 Å². The lowest BCUT2D eigenvalue weighted by molar-refractivity contribution is -0.120. The van der Waals surface area contributed by atoms with Crippen molar-refractivity contribution >= 4 is 29.2 Å². The minimum absolute atomic E-state index is 0.0764. The van der Waals surface area contributed by atoms with Gasteiger partial charge in [-0.2, -0.15) is 0 Å². The van der Waals surface area contributed by atoms with Crippen LogP contribution in [0, 0.1) is 5.92 Å². The molecule has 1 aromatic carbocycles. The number of nitrogens with one attached hydrogen (secondary N) is 2. The molecular weight excluding hydrogens is 402 g/mol. The molecule has 7 nitrogen and oxygen atoms in total. The largest absolute Gasteiger partial charge is 0.403 e. The van der Waals surface area contributed by atoms with Crippen LogP contribution in [0.15, 0.2) is 22.6 Å². The smallest absolute Gasteiger partial charge is 0.315 e. The van der Waals surface area contributed by atoms with Crippen LogP contribution in [0.2, 0.25) is 5.02 Å². The fourth-order valence-electron chi connectivity index (χ4n) is 3.82. The highest BCUT2D eigenvalue weighted by atomic mass is 35.5. The van der Waals surface area contributed by atoms with Gasteiger partial charge in [0.15, 0.2) is 0 Å². The van der Waals surface area contributed by atoms with Crippen LogP contribution in [-0.4, -0.2) is 47.2 Å². The molecule has 1 amide bonds. The third-order valence-corrected chi connectivity index (χ3v) is 6.00. The van der Waals surface area contributed by atoms with Gasteiger partial charge in [-0.05, 0) is 57.1 Å². The van der Waals surface area contributed by atoms with E-state index in [9.17, 15) is 4.79 Å². The summed E-state index contributed by atoms with van der Waals surface area (Å²) in [7, 11) is 0. The van der Waals surface area contributed by atoms with Gasteiger partial charge in [0.1, 0.15) is 0 Å². The molecule has 1 aliphatic rings. The molecule has 0 atom stereocenters. The van der Waals surface area contributed by atoms with Gasteiger partial charge in [0.25, 0.3) is 5.89 Å². The molecule has 164 valence electrons. The second kappa shape index (κ2) is 11.3. The number of rotatable bonds is 10. The summed E-state index contributed by atoms with van der Waals surface area (Å²) in [4.78, 5) is 14.8. The highest BCUT2D eigenvalue weighted by Crippen LogP contribution is 2.31.